The Labute approximate surface area is 179 Å². The number of carbonyl (C=O) groups is 1. The minimum Gasteiger partial charge on any atom is -0.314 e. The van der Waals surface area contributed by atoms with Gasteiger partial charge in [0.1, 0.15) is 0 Å². The zero-order chi connectivity index (χ0) is 21.8. The fourth-order valence-electron chi connectivity index (χ4n) is 3.83. The first-order valence-electron chi connectivity index (χ1n) is 10.3. The number of nitrogens with zero attached hydrogens (tertiary/aromatic N) is 1. The highest BCUT2D eigenvalue weighted by atomic mass is 19.4. The summed E-state index contributed by atoms with van der Waals surface area (Å²) in [6, 6.07) is 20.2. The lowest BCUT2D eigenvalue weighted by molar-refractivity contribution is -0.137. The minimum atomic E-state index is -4.39. The Morgan fingerprint density at radius 3 is 2.13 bits per heavy atom. The summed E-state index contributed by atoms with van der Waals surface area (Å²) in [5.74, 6) is 0.00896. The maximum absolute atomic E-state index is 13.0. The average Bonchev–Trinajstić information content (AvgIpc) is 2.79. The van der Waals surface area contributed by atoms with Crippen LogP contribution in [0.15, 0.2) is 72.8 Å². The average molecular weight is 424 g/mol. The van der Waals surface area contributed by atoms with Crippen LogP contribution in [0.2, 0.25) is 0 Å². The molecule has 31 heavy (non-hydrogen) atoms. The quantitative estimate of drug-likeness (QED) is 0.577. The van der Waals surface area contributed by atoms with Crippen molar-refractivity contribution < 1.29 is 18.0 Å². The van der Waals surface area contributed by atoms with Crippen LogP contribution < -0.4 is 5.32 Å². The zero-order valence-electron chi connectivity index (χ0n) is 17.0. The number of alkyl halides is 3. The summed E-state index contributed by atoms with van der Waals surface area (Å²) in [7, 11) is 0. The Morgan fingerprint density at radius 1 is 0.839 bits per heavy atom. The van der Waals surface area contributed by atoms with Gasteiger partial charge in [0.05, 0.1) is 12.1 Å². The van der Waals surface area contributed by atoms with E-state index in [4.69, 9.17) is 0 Å². The van der Waals surface area contributed by atoms with Gasteiger partial charge >= 0.3 is 6.18 Å². The van der Waals surface area contributed by atoms with Crippen molar-refractivity contribution in [1.29, 1.82) is 0 Å². The van der Waals surface area contributed by atoms with Gasteiger partial charge in [0.15, 0.2) is 5.78 Å². The maximum Gasteiger partial charge on any atom is 0.416 e. The molecule has 0 spiro atoms. The van der Waals surface area contributed by atoms with Crippen LogP contribution >= 0.6 is 0 Å². The maximum atomic E-state index is 13.0. The van der Waals surface area contributed by atoms with E-state index < -0.39 is 11.7 Å². The Balaban J connectivity index is 1.71. The second-order valence-corrected chi connectivity index (χ2v) is 7.65. The van der Waals surface area contributed by atoms with Gasteiger partial charge in [0, 0.05) is 31.7 Å². The van der Waals surface area contributed by atoms with Crippen LogP contribution in [0, 0.1) is 0 Å². The van der Waals surface area contributed by atoms with Crippen LogP contribution in [0.4, 0.5) is 13.2 Å². The molecule has 6 heteroatoms. The summed E-state index contributed by atoms with van der Waals surface area (Å²) in [6.07, 6.45) is -4.39. The molecule has 160 valence electrons. The van der Waals surface area contributed by atoms with Gasteiger partial charge in [0.25, 0.3) is 0 Å². The molecule has 1 saturated heterocycles. The van der Waals surface area contributed by atoms with E-state index in [1.165, 1.54) is 12.1 Å². The van der Waals surface area contributed by atoms with E-state index in [0.717, 1.165) is 55.0 Å². The number of rotatable bonds is 5. The first kappa shape index (κ1) is 21.3. The van der Waals surface area contributed by atoms with Crippen LogP contribution in [-0.4, -0.2) is 43.4 Å². The topological polar surface area (TPSA) is 32.3 Å². The largest absolute Gasteiger partial charge is 0.416 e. The zero-order valence-corrected chi connectivity index (χ0v) is 17.0. The van der Waals surface area contributed by atoms with Crippen LogP contribution in [0.3, 0.4) is 0 Å². The van der Waals surface area contributed by atoms with Gasteiger partial charge in [-0.2, -0.15) is 13.2 Å². The molecule has 1 aliphatic rings. The normalized spacial score (nSPS) is 15.1. The highest BCUT2D eigenvalue weighted by molar-refractivity contribution is 6.00. The van der Waals surface area contributed by atoms with Gasteiger partial charge in [-0.3, -0.25) is 9.69 Å². The molecular formula is C25H23F3N2O. The van der Waals surface area contributed by atoms with Gasteiger partial charge in [-0.15, -0.1) is 0 Å². The highest BCUT2D eigenvalue weighted by Gasteiger charge is 2.30. The van der Waals surface area contributed by atoms with Gasteiger partial charge in [-0.1, -0.05) is 54.6 Å². The Bertz CT molecular complexity index is 1040. The summed E-state index contributed by atoms with van der Waals surface area (Å²) in [6.45, 7) is 3.69. The monoisotopic (exact) mass is 424 g/mol. The summed E-state index contributed by atoms with van der Waals surface area (Å²) in [4.78, 5) is 15.0. The third-order valence-corrected chi connectivity index (χ3v) is 5.53. The molecular weight excluding hydrogens is 401 g/mol. The fourth-order valence-corrected chi connectivity index (χ4v) is 3.83. The van der Waals surface area contributed by atoms with Crippen molar-refractivity contribution in [2.45, 2.75) is 6.18 Å². The summed E-state index contributed by atoms with van der Waals surface area (Å²) in [5.41, 5.74) is 3.07. The molecule has 0 unspecified atom stereocenters. The molecule has 0 bridgehead atoms. The van der Waals surface area contributed by atoms with Crippen LogP contribution in [0.25, 0.3) is 22.3 Å². The van der Waals surface area contributed by atoms with Gasteiger partial charge in [-0.25, -0.2) is 0 Å². The number of piperazine rings is 1. The number of hydrogen-bond donors (Lipinski definition) is 1. The second-order valence-electron chi connectivity index (χ2n) is 7.65. The number of hydrogen-bond acceptors (Lipinski definition) is 3. The molecule has 4 rings (SSSR count). The molecule has 1 N–H and O–H groups in total. The molecule has 0 radical (unpaired) electrons. The van der Waals surface area contributed by atoms with Crippen molar-refractivity contribution in [2.24, 2.45) is 0 Å². The number of carbonyl (C=O) groups excluding carboxylic acids is 1. The number of benzene rings is 3. The smallest absolute Gasteiger partial charge is 0.314 e. The van der Waals surface area contributed by atoms with E-state index in [-0.39, 0.29) is 5.78 Å². The van der Waals surface area contributed by atoms with E-state index in [2.05, 4.69) is 10.2 Å². The van der Waals surface area contributed by atoms with Crippen molar-refractivity contribution in [3.63, 3.8) is 0 Å². The van der Waals surface area contributed by atoms with E-state index in [1.807, 2.05) is 36.4 Å². The predicted octanol–water partition coefficient (Wildman–Crippen LogP) is 5.13. The van der Waals surface area contributed by atoms with E-state index in [0.29, 0.717) is 17.7 Å². The lowest BCUT2D eigenvalue weighted by Crippen LogP contribution is -2.45. The summed E-state index contributed by atoms with van der Waals surface area (Å²) < 4.78 is 39.0. The van der Waals surface area contributed by atoms with Crippen LogP contribution in [0.5, 0.6) is 0 Å². The Hall–Kier alpha value is -2.96. The molecule has 0 aromatic heterocycles. The van der Waals surface area contributed by atoms with Gasteiger partial charge in [-0.05, 0) is 40.5 Å². The first-order chi connectivity index (χ1) is 14.9. The molecule has 3 aromatic carbocycles. The third kappa shape index (κ3) is 5.03. The van der Waals surface area contributed by atoms with Gasteiger partial charge < -0.3 is 5.32 Å². The number of nitrogens with one attached hydrogen (secondary N) is 1. The van der Waals surface area contributed by atoms with E-state index >= 15 is 0 Å². The summed E-state index contributed by atoms with van der Waals surface area (Å²) in [5, 5.41) is 3.27. The minimum absolute atomic E-state index is 0.00896. The molecule has 1 heterocycles. The van der Waals surface area contributed by atoms with Crippen LogP contribution in [0.1, 0.15) is 15.9 Å². The first-order valence-corrected chi connectivity index (χ1v) is 10.3. The molecule has 1 fully saturated rings. The van der Waals surface area contributed by atoms with E-state index in [9.17, 15) is 18.0 Å². The van der Waals surface area contributed by atoms with Crippen molar-refractivity contribution in [2.75, 3.05) is 32.7 Å². The molecule has 1 aliphatic heterocycles. The standard InChI is InChI=1S/C25H23F3N2O/c26-25(27,28)21-9-6-19(7-10-21)23-16-20(24(31)17-30-14-12-29-13-15-30)8-11-22(23)18-4-2-1-3-5-18/h1-11,16,29H,12-15,17H2. The SMILES string of the molecule is O=C(CN1CCNCC1)c1ccc(-c2ccccc2)c(-c2ccc(C(F)(F)F)cc2)c1. The molecule has 0 atom stereocenters. The van der Waals surface area contributed by atoms with Crippen molar-refractivity contribution in [1.82, 2.24) is 10.2 Å². The van der Waals surface area contributed by atoms with E-state index in [1.54, 1.807) is 12.1 Å². The van der Waals surface area contributed by atoms with Crippen molar-refractivity contribution in [3.8, 4) is 22.3 Å². The molecule has 0 aliphatic carbocycles. The predicted molar refractivity (Wildman–Crippen MR) is 116 cm³/mol. The molecule has 3 nitrogen and oxygen atoms in total. The van der Waals surface area contributed by atoms with Crippen molar-refractivity contribution >= 4 is 5.78 Å². The third-order valence-electron chi connectivity index (χ3n) is 5.53. The number of Topliss-reactive ketones (excluding diaryl/α,β-unsaturated/α-hetero) is 1. The van der Waals surface area contributed by atoms with Gasteiger partial charge in [0.2, 0.25) is 0 Å². The molecule has 3 aromatic rings. The fraction of sp³-hybridized carbons (Fsp3) is 0.240. The van der Waals surface area contributed by atoms with Crippen LogP contribution in [-0.2, 0) is 6.18 Å². The second kappa shape index (κ2) is 9.04. The Kier molecular flexibility index (Phi) is 6.20. The lowest BCUT2D eigenvalue weighted by atomic mass is 9.91. The summed E-state index contributed by atoms with van der Waals surface area (Å²) >= 11 is 0. The number of halogens is 3. The lowest BCUT2D eigenvalue weighted by Gasteiger charge is -2.26. The van der Waals surface area contributed by atoms with Crippen molar-refractivity contribution in [3.05, 3.63) is 83.9 Å². The highest BCUT2D eigenvalue weighted by Crippen LogP contribution is 2.35. The number of ketones is 1. The molecule has 0 saturated carbocycles. The Morgan fingerprint density at radius 2 is 1.48 bits per heavy atom. The molecule has 0 amide bonds.